The van der Waals surface area contributed by atoms with Crippen LogP contribution >= 0.6 is 11.3 Å². The van der Waals surface area contributed by atoms with Crippen molar-refractivity contribution in [2.75, 3.05) is 46.4 Å². The van der Waals surface area contributed by atoms with E-state index in [4.69, 9.17) is 14.2 Å². The molecule has 0 N–H and O–H groups in total. The van der Waals surface area contributed by atoms with Crippen LogP contribution in [0, 0.1) is 5.82 Å². The molecule has 1 aliphatic carbocycles. The van der Waals surface area contributed by atoms with E-state index >= 15 is 4.39 Å². The summed E-state index contributed by atoms with van der Waals surface area (Å²) in [6, 6.07) is 19.0. The summed E-state index contributed by atoms with van der Waals surface area (Å²) in [5.41, 5.74) is 1.94. The van der Waals surface area contributed by atoms with E-state index in [1.807, 2.05) is 48.5 Å². The highest BCUT2D eigenvalue weighted by Gasteiger charge is 2.32. The number of hydrogen-bond donors (Lipinski definition) is 0. The van der Waals surface area contributed by atoms with Crippen molar-refractivity contribution in [3.8, 4) is 27.7 Å². The van der Waals surface area contributed by atoms with Gasteiger partial charge >= 0.3 is 0 Å². The first kappa shape index (κ1) is 32.1. The Balaban J connectivity index is 1.12. The maximum absolute atomic E-state index is 15.0. The number of methoxy groups -OCH3 is 1. The average molecular weight is 657 g/mol. The normalized spacial score (nSPS) is 20.8. The molecule has 0 amide bonds. The van der Waals surface area contributed by atoms with Crippen LogP contribution in [-0.4, -0.2) is 74.2 Å². The highest BCUT2D eigenvalue weighted by atomic mass is 32.1. The molecule has 0 unspecified atom stereocenters. The van der Waals surface area contributed by atoms with Crippen molar-refractivity contribution < 1.29 is 23.4 Å². The summed E-state index contributed by atoms with van der Waals surface area (Å²) < 4.78 is 33.7. The van der Waals surface area contributed by atoms with Crippen molar-refractivity contribution >= 4 is 27.2 Å². The van der Waals surface area contributed by atoms with E-state index in [1.54, 1.807) is 6.07 Å². The first-order valence-corrected chi connectivity index (χ1v) is 18.2. The number of piperidine rings is 1. The van der Waals surface area contributed by atoms with E-state index in [1.165, 1.54) is 75.9 Å². The molecule has 7 rings (SSSR count). The van der Waals surface area contributed by atoms with Gasteiger partial charge in [-0.1, -0.05) is 12.8 Å². The Bertz CT molecular complexity index is 1660. The van der Waals surface area contributed by atoms with Gasteiger partial charge in [0.15, 0.2) is 17.3 Å². The second kappa shape index (κ2) is 14.8. The predicted octanol–water partition coefficient (Wildman–Crippen LogP) is 8.60. The molecular formula is C39H45FN2O4S. The summed E-state index contributed by atoms with van der Waals surface area (Å²) in [5.74, 6) is 1.13. The monoisotopic (exact) mass is 656 g/mol. The van der Waals surface area contributed by atoms with Gasteiger partial charge in [-0.3, -0.25) is 14.6 Å². The third-order valence-corrected chi connectivity index (χ3v) is 11.3. The molecule has 1 aromatic heterocycles. The van der Waals surface area contributed by atoms with E-state index < -0.39 is 5.82 Å². The Kier molecular flexibility index (Phi) is 10.1. The quantitative estimate of drug-likeness (QED) is 0.151. The van der Waals surface area contributed by atoms with Crippen LogP contribution in [-0.2, 0) is 0 Å². The predicted molar refractivity (Wildman–Crippen MR) is 187 cm³/mol. The van der Waals surface area contributed by atoms with Crippen LogP contribution in [0.3, 0.4) is 0 Å². The summed E-state index contributed by atoms with van der Waals surface area (Å²) in [6.07, 6.45) is 11.2. The molecule has 8 heteroatoms. The number of likely N-dealkylation sites (tertiary alicyclic amines) is 2. The van der Waals surface area contributed by atoms with E-state index in [0.717, 1.165) is 65.8 Å². The molecule has 3 heterocycles. The van der Waals surface area contributed by atoms with Crippen LogP contribution in [0.25, 0.3) is 20.5 Å². The number of halogens is 1. The smallest absolute Gasteiger partial charge is 0.195 e. The molecule has 3 aliphatic rings. The lowest BCUT2D eigenvalue weighted by Crippen LogP contribution is -2.49. The number of fused-ring (bicyclic) bond motifs is 1. The molecule has 2 aliphatic heterocycles. The molecule has 2 saturated heterocycles. The van der Waals surface area contributed by atoms with Gasteiger partial charge in [0.05, 0.1) is 7.11 Å². The Hall–Kier alpha value is -3.46. The summed E-state index contributed by atoms with van der Waals surface area (Å²) in [4.78, 5) is 20.1. The maximum Gasteiger partial charge on any atom is 0.195 e. The molecule has 6 nitrogen and oxygen atoms in total. The highest BCUT2D eigenvalue weighted by molar-refractivity contribution is 7.22. The summed E-state index contributed by atoms with van der Waals surface area (Å²) in [6.45, 7) is 6.18. The van der Waals surface area contributed by atoms with Crippen molar-refractivity contribution in [1.82, 2.24) is 9.80 Å². The molecule has 47 heavy (non-hydrogen) atoms. The van der Waals surface area contributed by atoms with E-state index in [9.17, 15) is 4.79 Å². The van der Waals surface area contributed by atoms with Crippen molar-refractivity contribution in [2.45, 2.75) is 69.9 Å². The number of ether oxygens (including phenoxy) is 3. The molecule has 0 spiro atoms. The zero-order valence-corrected chi connectivity index (χ0v) is 28.2. The Morgan fingerprint density at radius 2 is 1.55 bits per heavy atom. The van der Waals surface area contributed by atoms with Gasteiger partial charge in [0.1, 0.15) is 24.2 Å². The molecule has 0 bridgehead atoms. The van der Waals surface area contributed by atoms with Crippen LogP contribution in [0.4, 0.5) is 4.39 Å². The van der Waals surface area contributed by atoms with Gasteiger partial charge in [-0.05, 0) is 131 Å². The minimum Gasteiger partial charge on any atom is -0.494 e. The highest BCUT2D eigenvalue weighted by Crippen LogP contribution is 2.42. The Labute approximate surface area is 281 Å². The lowest BCUT2D eigenvalue weighted by molar-refractivity contribution is 0.0261. The summed E-state index contributed by atoms with van der Waals surface area (Å²) >= 11 is 1.47. The lowest BCUT2D eigenvalue weighted by Gasteiger charge is -2.41. The number of hydrogen-bond acceptors (Lipinski definition) is 7. The van der Waals surface area contributed by atoms with E-state index in [2.05, 4.69) is 9.80 Å². The number of ketones is 1. The van der Waals surface area contributed by atoms with Gasteiger partial charge in [0, 0.05) is 44.7 Å². The van der Waals surface area contributed by atoms with Gasteiger partial charge < -0.3 is 14.2 Å². The van der Waals surface area contributed by atoms with Crippen LogP contribution in [0.5, 0.6) is 17.2 Å². The standard InChI is InChI=1S/C39H45FN2O4S/c1-44-35-26-36-31(25-32(35)40)37(39(47-36)28-13-15-29(16-14-28)45-24-23-41-19-7-8-20-41)38(43)27-11-17-30(18-12-27)46-34-10-4-3-9-33(34)42-21-5-2-6-22-42/h11-18,25-26,33-34H,2-10,19-24H2,1H3/t33-,34-/m1/s1. The fraction of sp³-hybridized carbons (Fsp3) is 0.462. The van der Waals surface area contributed by atoms with Crippen molar-refractivity contribution in [1.29, 1.82) is 0 Å². The van der Waals surface area contributed by atoms with Gasteiger partial charge in [-0.2, -0.15) is 0 Å². The number of carbonyl (C=O) groups is 1. The Morgan fingerprint density at radius 3 is 2.30 bits per heavy atom. The zero-order valence-electron chi connectivity index (χ0n) is 27.3. The summed E-state index contributed by atoms with van der Waals surface area (Å²) in [5, 5.41) is 0.589. The molecule has 1 saturated carbocycles. The van der Waals surface area contributed by atoms with E-state index in [0.29, 0.717) is 29.2 Å². The molecule has 3 aromatic carbocycles. The number of rotatable bonds is 11. The average Bonchev–Trinajstić information content (AvgIpc) is 3.77. The number of nitrogens with zero attached hydrogens (tertiary/aromatic N) is 2. The SMILES string of the molecule is COc1cc2sc(-c3ccc(OCCN4CCCC4)cc3)c(C(=O)c3ccc(O[C@@H]4CCCC[C@H]4N4CCCCC4)cc3)c2cc1F. The fourth-order valence-corrected chi connectivity index (χ4v) is 8.79. The first-order chi connectivity index (χ1) is 23.1. The minimum atomic E-state index is -0.486. The van der Waals surface area contributed by atoms with Crippen LogP contribution in [0.15, 0.2) is 60.7 Å². The van der Waals surface area contributed by atoms with Crippen molar-refractivity contribution in [3.05, 3.63) is 77.6 Å². The molecule has 248 valence electrons. The van der Waals surface area contributed by atoms with Crippen LogP contribution in [0.1, 0.15) is 73.7 Å². The molecule has 3 fully saturated rings. The third kappa shape index (κ3) is 7.20. The number of thiophene rings is 1. The largest absolute Gasteiger partial charge is 0.494 e. The van der Waals surface area contributed by atoms with Crippen molar-refractivity contribution in [3.63, 3.8) is 0 Å². The molecule has 2 atom stereocenters. The second-order valence-electron chi connectivity index (χ2n) is 13.2. The van der Waals surface area contributed by atoms with Gasteiger partial charge in [-0.25, -0.2) is 4.39 Å². The van der Waals surface area contributed by atoms with Gasteiger partial charge in [-0.15, -0.1) is 11.3 Å². The van der Waals surface area contributed by atoms with Gasteiger partial charge in [0.25, 0.3) is 0 Å². The fourth-order valence-electron chi connectivity index (χ4n) is 7.57. The van der Waals surface area contributed by atoms with Crippen LogP contribution < -0.4 is 14.2 Å². The second-order valence-corrected chi connectivity index (χ2v) is 14.2. The maximum atomic E-state index is 15.0. The summed E-state index contributed by atoms with van der Waals surface area (Å²) in [7, 11) is 1.46. The molecule has 0 radical (unpaired) electrons. The number of carbonyl (C=O) groups excluding carboxylic acids is 1. The minimum absolute atomic E-state index is 0.142. The third-order valence-electron chi connectivity index (χ3n) is 10.1. The van der Waals surface area contributed by atoms with Crippen molar-refractivity contribution in [2.24, 2.45) is 0 Å². The number of benzene rings is 3. The van der Waals surface area contributed by atoms with Crippen LogP contribution in [0.2, 0.25) is 0 Å². The zero-order chi connectivity index (χ0) is 32.2. The molecule has 4 aromatic rings. The Morgan fingerprint density at radius 1 is 0.851 bits per heavy atom. The van der Waals surface area contributed by atoms with Gasteiger partial charge in [0.2, 0.25) is 0 Å². The van der Waals surface area contributed by atoms with E-state index in [-0.39, 0.29) is 17.6 Å². The topological polar surface area (TPSA) is 51.2 Å². The lowest BCUT2D eigenvalue weighted by atomic mass is 9.90. The molecular weight excluding hydrogens is 612 g/mol. The first-order valence-electron chi connectivity index (χ1n) is 17.4.